The summed E-state index contributed by atoms with van der Waals surface area (Å²) in [6.45, 7) is 3.80. The fourth-order valence-electron chi connectivity index (χ4n) is 4.61. The predicted molar refractivity (Wildman–Crippen MR) is 150 cm³/mol. The van der Waals surface area contributed by atoms with E-state index in [0.717, 1.165) is 43.0 Å². The highest BCUT2D eigenvalue weighted by Crippen LogP contribution is 2.34. The monoisotopic (exact) mass is 460 g/mol. The van der Waals surface area contributed by atoms with Crippen molar-refractivity contribution in [3.05, 3.63) is 95.9 Å². The van der Waals surface area contributed by atoms with E-state index >= 15 is 0 Å². The highest BCUT2D eigenvalue weighted by molar-refractivity contribution is 6.13. The maximum atomic E-state index is 4.65. The number of nitrogens with one attached hydrogen (secondary N) is 2. The van der Waals surface area contributed by atoms with Crippen molar-refractivity contribution in [1.29, 1.82) is 0 Å². The molecule has 0 spiro atoms. The van der Waals surface area contributed by atoms with Crippen LogP contribution in [0.1, 0.15) is 42.8 Å². The van der Waals surface area contributed by atoms with Crippen LogP contribution < -0.4 is 0 Å². The predicted octanol–water partition coefficient (Wildman–Crippen LogP) is 7.72. The van der Waals surface area contributed by atoms with Crippen molar-refractivity contribution in [1.82, 2.24) is 9.97 Å². The second kappa shape index (κ2) is 11.0. The number of rotatable bonds is 10. The number of fused-ring (bicyclic) bond motifs is 3. The zero-order valence-electron chi connectivity index (χ0n) is 20.3. The van der Waals surface area contributed by atoms with E-state index in [9.17, 15) is 0 Å². The quantitative estimate of drug-likeness (QED) is 0.122. The molecule has 0 aliphatic heterocycles. The van der Waals surface area contributed by atoms with Gasteiger partial charge in [-0.3, -0.25) is 9.98 Å². The molecule has 0 saturated carbocycles. The van der Waals surface area contributed by atoms with Gasteiger partial charge in [0, 0.05) is 42.5 Å². The molecule has 2 N–H and O–H groups in total. The van der Waals surface area contributed by atoms with Crippen molar-refractivity contribution in [3.63, 3.8) is 0 Å². The van der Waals surface area contributed by atoms with Crippen LogP contribution in [0.3, 0.4) is 0 Å². The van der Waals surface area contributed by atoms with Gasteiger partial charge in [0.2, 0.25) is 0 Å². The number of hydrogen-bond donors (Lipinski definition) is 2. The second-order valence-electron chi connectivity index (χ2n) is 9.10. The molecule has 176 valence electrons. The molecule has 4 nitrogen and oxygen atoms in total. The number of aryl methyl sites for hydroxylation is 1. The Labute approximate surface area is 206 Å². The van der Waals surface area contributed by atoms with Crippen molar-refractivity contribution in [2.24, 2.45) is 9.98 Å². The summed E-state index contributed by atoms with van der Waals surface area (Å²) in [7, 11) is 0. The molecule has 0 radical (unpaired) electrons. The summed E-state index contributed by atoms with van der Waals surface area (Å²) in [4.78, 5) is 16.0. The molecule has 2 heterocycles. The number of unbranched alkanes of at least 4 members (excludes halogenated alkanes) is 3. The maximum absolute atomic E-state index is 4.65. The average molecular weight is 461 g/mol. The fraction of sp³-hybridized carbons (Fsp3) is 0.226. The molecule has 0 bridgehead atoms. The first kappa shape index (κ1) is 22.9. The zero-order chi connectivity index (χ0) is 23.9. The van der Waals surface area contributed by atoms with E-state index in [1.807, 2.05) is 12.4 Å². The molecule has 0 fully saturated rings. The first-order valence-corrected chi connectivity index (χ1v) is 12.5. The number of benzene rings is 3. The van der Waals surface area contributed by atoms with Crippen molar-refractivity contribution in [3.8, 4) is 11.3 Å². The highest BCUT2D eigenvalue weighted by atomic mass is 14.8. The number of aromatic amines is 2. The Morgan fingerprint density at radius 1 is 0.629 bits per heavy atom. The third-order valence-electron chi connectivity index (χ3n) is 6.41. The maximum Gasteiger partial charge on any atom is 0.0566 e. The minimum absolute atomic E-state index is 0.859. The lowest BCUT2D eigenvalue weighted by molar-refractivity contribution is 0.655. The van der Waals surface area contributed by atoms with Gasteiger partial charge in [-0.05, 0) is 71.6 Å². The number of H-pyrrole nitrogens is 2. The summed E-state index contributed by atoms with van der Waals surface area (Å²) in [6, 6.07) is 27.9. The van der Waals surface area contributed by atoms with Crippen LogP contribution in [0.4, 0.5) is 0 Å². The van der Waals surface area contributed by atoms with Gasteiger partial charge >= 0.3 is 0 Å². The van der Waals surface area contributed by atoms with Gasteiger partial charge in [-0.1, -0.05) is 61.4 Å². The van der Waals surface area contributed by atoms with Crippen LogP contribution in [-0.4, -0.2) is 35.5 Å². The summed E-state index contributed by atoms with van der Waals surface area (Å²) in [5, 5.41) is 5.11. The summed E-state index contributed by atoms with van der Waals surface area (Å²) in [5.74, 6) is 0. The summed E-state index contributed by atoms with van der Waals surface area (Å²) in [5.41, 5.74) is 5.66. The van der Waals surface area contributed by atoms with E-state index in [4.69, 9.17) is 0 Å². The highest BCUT2D eigenvalue weighted by Gasteiger charge is 2.09. The second-order valence-corrected chi connectivity index (χ2v) is 9.10. The van der Waals surface area contributed by atoms with Gasteiger partial charge in [-0.15, -0.1) is 0 Å². The van der Waals surface area contributed by atoms with Crippen molar-refractivity contribution in [2.75, 3.05) is 13.1 Å². The Hall–Kier alpha value is -3.92. The molecule has 2 aromatic heterocycles. The molecule has 5 aromatic rings. The molecule has 0 unspecified atom stereocenters. The molecule has 0 aliphatic carbocycles. The Morgan fingerprint density at radius 2 is 1.26 bits per heavy atom. The minimum atomic E-state index is 0.859. The van der Waals surface area contributed by atoms with E-state index in [1.165, 1.54) is 45.6 Å². The molecule has 5 rings (SSSR count). The van der Waals surface area contributed by atoms with Gasteiger partial charge in [-0.25, -0.2) is 0 Å². The molecule has 4 heteroatoms. The Kier molecular flexibility index (Phi) is 7.18. The molecule has 0 atom stereocenters. The van der Waals surface area contributed by atoms with Gasteiger partial charge in [0.15, 0.2) is 0 Å². The van der Waals surface area contributed by atoms with Crippen molar-refractivity contribution in [2.45, 2.75) is 32.6 Å². The molecule has 0 saturated heterocycles. The number of nitrogens with zero attached hydrogens (tertiary/aromatic N) is 2. The molecular weight excluding hydrogens is 428 g/mol. The normalized spacial score (nSPS) is 12.0. The zero-order valence-corrected chi connectivity index (χ0v) is 20.3. The molecule has 3 aromatic carbocycles. The van der Waals surface area contributed by atoms with Crippen LogP contribution >= 0.6 is 0 Å². The lowest BCUT2D eigenvalue weighted by Crippen LogP contribution is -1.89. The van der Waals surface area contributed by atoms with Crippen LogP contribution in [0.15, 0.2) is 88.8 Å². The summed E-state index contributed by atoms with van der Waals surface area (Å²) < 4.78 is 0. The van der Waals surface area contributed by atoms with Gasteiger partial charge < -0.3 is 9.97 Å². The van der Waals surface area contributed by atoms with Crippen LogP contribution in [0.25, 0.3) is 32.8 Å². The van der Waals surface area contributed by atoms with Crippen LogP contribution in [-0.2, 0) is 0 Å². The molecule has 0 aliphatic rings. The smallest absolute Gasteiger partial charge is 0.0566 e. The molecular formula is C31H32N4. The summed E-state index contributed by atoms with van der Waals surface area (Å²) in [6.07, 6.45) is 8.52. The molecule has 35 heavy (non-hydrogen) atoms. The van der Waals surface area contributed by atoms with Crippen molar-refractivity contribution >= 4 is 34.0 Å². The van der Waals surface area contributed by atoms with Gasteiger partial charge in [0.25, 0.3) is 0 Å². The number of aliphatic imine (C=N–C) groups is 2. The lowest BCUT2D eigenvalue weighted by atomic mass is 9.96. The number of aromatic nitrogens is 2. The Balaban J connectivity index is 1.12. The first-order valence-electron chi connectivity index (χ1n) is 12.5. The molecule has 0 amide bonds. The third-order valence-corrected chi connectivity index (χ3v) is 6.41. The Bertz CT molecular complexity index is 1470. The topological polar surface area (TPSA) is 56.3 Å². The van der Waals surface area contributed by atoms with E-state index in [1.54, 1.807) is 0 Å². The van der Waals surface area contributed by atoms with E-state index in [-0.39, 0.29) is 0 Å². The lowest BCUT2D eigenvalue weighted by Gasteiger charge is -2.09. The van der Waals surface area contributed by atoms with E-state index in [2.05, 4.69) is 106 Å². The van der Waals surface area contributed by atoms with Gasteiger partial charge in [0.05, 0.1) is 11.4 Å². The first-order chi connectivity index (χ1) is 17.3. The van der Waals surface area contributed by atoms with Crippen molar-refractivity contribution < 1.29 is 0 Å². The minimum Gasteiger partial charge on any atom is -0.358 e. The van der Waals surface area contributed by atoms with E-state index < -0.39 is 0 Å². The Morgan fingerprint density at radius 3 is 1.97 bits per heavy atom. The van der Waals surface area contributed by atoms with Crippen LogP contribution in [0.2, 0.25) is 0 Å². The largest absolute Gasteiger partial charge is 0.358 e. The average Bonchev–Trinajstić information content (AvgIpc) is 3.53. The summed E-state index contributed by atoms with van der Waals surface area (Å²) >= 11 is 0. The number of hydrogen-bond acceptors (Lipinski definition) is 2. The SMILES string of the molecule is Cc1ccc(C=NCCCCCCN=Cc2ccc(-c3cc4ccccc4c4ccccc34)[nH]2)[nH]1. The van der Waals surface area contributed by atoms with Crippen LogP contribution in [0.5, 0.6) is 0 Å². The van der Waals surface area contributed by atoms with Crippen LogP contribution in [0, 0.1) is 6.92 Å². The third kappa shape index (κ3) is 5.60. The van der Waals surface area contributed by atoms with Gasteiger partial charge in [0.1, 0.15) is 0 Å². The van der Waals surface area contributed by atoms with E-state index in [0.29, 0.717) is 0 Å². The fourth-order valence-corrected chi connectivity index (χ4v) is 4.61. The standard InChI is InChI=1S/C31H32N4/c1-23-14-15-25(34-23)21-32-18-8-2-3-9-19-33-22-26-16-17-31(35-26)30-20-24-10-4-5-11-27(24)28-12-6-7-13-29(28)30/h4-7,10-17,20-22,34-35H,2-3,8-9,18-19H2,1H3. The van der Waals surface area contributed by atoms with Gasteiger partial charge in [-0.2, -0.15) is 0 Å².